The number of methoxy groups -OCH3 is 1. The topological polar surface area (TPSA) is 95.2 Å². The van der Waals surface area contributed by atoms with Crippen molar-refractivity contribution < 1.29 is 19.0 Å². The molecule has 0 aliphatic carbocycles. The van der Waals surface area contributed by atoms with Crippen LogP contribution in [0.4, 0.5) is 10.2 Å². The number of carbonyl (C=O) groups is 1. The third kappa shape index (κ3) is 3.13. The number of aromatic nitrogens is 1. The molecule has 130 valence electrons. The summed E-state index contributed by atoms with van der Waals surface area (Å²) in [5.74, 6) is -1.10. The van der Waals surface area contributed by atoms with Crippen LogP contribution < -0.4 is 10.1 Å². The predicted molar refractivity (Wildman–Crippen MR) is 94.5 cm³/mol. The first kappa shape index (κ1) is 17.2. The van der Waals surface area contributed by atoms with E-state index in [1.165, 1.54) is 25.4 Å². The zero-order valence-corrected chi connectivity index (χ0v) is 13.8. The summed E-state index contributed by atoms with van der Waals surface area (Å²) in [5, 5.41) is 22.2. The van der Waals surface area contributed by atoms with Crippen LogP contribution in [0.25, 0.3) is 21.9 Å². The molecule has 0 atom stereocenters. The van der Waals surface area contributed by atoms with Crippen LogP contribution in [0.2, 0.25) is 0 Å². The predicted octanol–water partition coefficient (Wildman–Crippen LogP) is 3.42. The number of rotatable bonds is 5. The molecule has 0 saturated heterocycles. The standard InChI is InChI=1S/C19H14FN3O3/c1-26-16-6-5-11(7-15(16)20)14-9-22-19(23-10-17(24)25)13-4-2-3-12(8-21)18(13)14/h2-7,9H,10H2,1H3,(H,22,23)(H,24,25). The van der Waals surface area contributed by atoms with Crippen LogP contribution in [0.15, 0.2) is 42.6 Å². The van der Waals surface area contributed by atoms with Gasteiger partial charge in [0, 0.05) is 22.5 Å². The number of carboxylic acids is 1. The summed E-state index contributed by atoms with van der Waals surface area (Å²) in [7, 11) is 1.38. The third-order valence-corrected chi connectivity index (χ3v) is 3.90. The van der Waals surface area contributed by atoms with Crippen molar-refractivity contribution in [3.8, 4) is 22.9 Å². The Balaban J connectivity index is 2.23. The van der Waals surface area contributed by atoms with Gasteiger partial charge in [0.05, 0.1) is 18.7 Å². The van der Waals surface area contributed by atoms with E-state index in [1.54, 1.807) is 24.3 Å². The van der Waals surface area contributed by atoms with Crippen LogP contribution in [0.1, 0.15) is 5.56 Å². The molecule has 0 spiro atoms. The maximum Gasteiger partial charge on any atom is 0.322 e. The average Bonchev–Trinajstić information content (AvgIpc) is 2.65. The molecule has 2 aromatic carbocycles. The molecule has 3 aromatic rings. The maximum absolute atomic E-state index is 14.1. The van der Waals surface area contributed by atoms with Crippen LogP contribution in [0.3, 0.4) is 0 Å². The molecule has 7 heteroatoms. The quantitative estimate of drug-likeness (QED) is 0.731. The van der Waals surface area contributed by atoms with E-state index in [1.807, 2.05) is 0 Å². The Morgan fingerprint density at radius 2 is 2.19 bits per heavy atom. The largest absolute Gasteiger partial charge is 0.494 e. The average molecular weight is 351 g/mol. The van der Waals surface area contributed by atoms with Gasteiger partial charge in [0.25, 0.3) is 0 Å². The van der Waals surface area contributed by atoms with Gasteiger partial charge in [0.15, 0.2) is 11.6 Å². The van der Waals surface area contributed by atoms with Gasteiger partial charge < -0.3 is 15.2 Å². The van der Waals surface area contributed by atoms with Gasteiger partial charge in [-0.1, -0.05) is 18.2 Å². The molecule has 6 nitrogen and oxygen atoms in total. The number of hydrogen-bond acceptors (Lipinski definition) is 5. The molecule has 0 aliphatic heterocycles. The number of hydrogen-bond donors (Lipinski definition) is 2. The lowest BCUT2D eigenvalue weighted by atomic mass is 9.96. The fraction of sp³-hybridized carbons (Fsp3) is 0.105. The van der Waals surface area contributed by atoms with E-state index in [0.717, 1.165) is 0 Å². The van der Waals surface area contributed by atoms with Gasteiger partial charge in [-0.25, -0.2) is 9.37 Å². The van der Waals surface area contributed by atoms with E-state index >= 15 is 0 Å². The van der Waals surface area contributed by atoms with E-state index in [0.29, 0.717) is 33.3 Å². The normalized spacial score (nSPS) is 10.3. The molecule has 0 amide bonds. The Morgan fingerprint density at radius 3 is 2.85 bits per heavy atom. The van der Waals surface area contributed by atoms with E-state index in [9.17, 15) is 14.4 Å². The molecule has 1 heterocycles. The third-order valence-electron chi connectivity index (χ3n) is 3.90. The first-order valence-corrected chi connectivity index (χ1v) is 7.66. The molecular formula is C19H14FN3O3. The number of nitrogens with zero attached hydrogens (tertiary/aromatic N) is 2. The first-order valence-electron chi connectivity index (χ1n) is 7.66. The smallest absolute Gasteiger partial charge is 0.322 e. The molecule has 0 fully saturated rings. The minimum atomic E-state index is -1.03. The molecule has 0 radical (unpaired) electrons. The van der Waals surface area contributed by atoms with Gasteiger partial charge in [-0.3, -0.25) is 4.79 Å². The first-order chi connectivity index (χ1) is 12.5. The van der Waals surface area contributed by atoms with Crippen molar-refractivity contribution in [1.29, 1.82) is 5.26 Å². The van der Waals surface area contributed by atoms with Crippen molar-refractivity contribution in [3.05, 3.63) is 54.0 Å². The number of aliphatic carboxylic acids is 1. The van der Waals surface area contributed by atoms with E-state index in [-0.39, 0.29) is 12.3 Å². The van der Waals surface area contributed by atoms with Crippen LogP contribution >= 0.6 is 0 Å². The summed E-state index contributed by atoms with van der Waals surface area (Å²) in [5.41, 5.74) is 1.49. The number of benzene rings is 2. The molecule has 2 N–H and O–H groups in total. The summed E-state index contributed by atoms with van der Waals surface area (Å²) in [6.45, 7) is -0.310. The lowest BCUT2D eigenvalue weighted by molar-refractivity contribution is -0.134. The number of anilines is 1. The summed E-state index contributed by atoms with van der Waals surface area (Å²) in [6.07, 6.45) is 1.49. The van der Waals surface area contributed by atoms with E-state index in [4.69, 9.17) is 9.84 Å². The molecule has 0 unspecified atom stereocenters. The highest BCUT2D eigenvalue weighted by molar-refractivity contribution is 6.05. The highest BCUT2D eigenvalue weighted by atomic mass is 19.1. The second-order valence-electron chi connectivity index (χ2n) is 5.46. The highest BCUT2D eigenvalue weighted by Gasteiger charge is 2.15. The van der Waals surface area contributed by atoms with Crippen LogP contribution in [0, 0.1) is 17.1 Å². The molecule has 26 heavy (non-hydrogen) atoms. The van der Waals surface area contributed by atoms with E-state index < -0.39 is 11.8 Å². The second kappa shape index (κ2) is 7.07. The Hall–Kier alpha value is -3.66. The molecule has 0 bridgehead atoms. The van der Waals surface area contributed by atoms with E-state index in [2.05, 4.69) is 16.4 Å². The minimum Gasteiger partial charge on any atom is -0.494 e. The summed E-state index contributed by atoms with van der Waals surface area (Å²) in [4.78, 5) is 15.1. The summed E-state index contributed by atoms with van der Waals surface area (Å²) >= 11 is 0. The highest BCUT2D eigenvalue weighted by Crippen LogP contribution is 2.35. The lowest BCUT2D eigenvalue weighted by Gasteiger charge is -2.13. The van der Waals surface area contributed by atoms with Gasteiger partial charge >= 0.3 is 5.97 Å². The zero-order chi connectivity index (χ0) is 18.7. The molecule has 1 aromatic heterocycles. The van der Waals surface area contributed by atoms with Crippen LogP contribution in [-0.4, -0.2) is 29.7 Å². The van der Waals surface area contributed by atoms with Crippen molar-refractivity contribution >= 4 is 22.6 Å². The van der Waals surface area contributed by atoms with Crippen molar-refractivity contribution in [1.82, 2.24) is 4.98 Å². The molecule has 0 saturated carbocycles. The Bertz CT molecular complexity index is 1040. The fourth-order valence-corrected chi connectivity index (χ4v) is 2.75. The number of nitrogens with one attached hydrogen (secondary N) is 1. The summed E-state index contributed by atoms with van der Waals surface area (Å²) < 4.78 is 19.1. The SMILES string of the molecule is COc1ccc(-c2cnc(NCC(=O)O)c3cccc(C#N)c23)cc1F. The van der Waals surface area contributed by atoms with Crippen LogP contribution in [-0.2, 0) is 4.79 Å². The Labute approximate surface area is 148 Å². The Kier molecular flexibility index (Phi) is 4.67. The van der Waals surface area contributed by atoms with Crippen molar-refractivity contribution in [3.63, 3.8) is 0 Å². The summed E-state index contributed by atoms with van der Waals surface area (Å²) in [6, 6.07) is 11.7. The van der Waals surface area contributed by atoms with Crippen LogP contribution in [0.5, 0.6) is 5.75 Å². The Morgan fingerprint density at radius 1 is 1.38 bits per heavy atom. The number of nitriles is 1. The number of ether oxygens (including phenoxy) is 1. The molecule has 3 rings (SSSR count). The number of carboxylic acid groups (broad SMARTS) is 1. The second-order valence-corrected chi connectivity index (χ2v) is 5.46. The lowest BCUT2D eigenvalue weighted by Crippen LogP contribution is -2.13. The monoisotopic (exact) mass is 351 g/mol. The maximum atomic E-state index is 14.1. The number of fused-ring (bicyclic) bond motifs is 1. The fourth-order valence-electron chi connectivity index (χ4n) is 2.75. The van der Waals surface area contributed by atoms with Crippen molar-refractivity contribution in [2.24, 2.45) is 0 Å². The molecule has 0 aliphatic rings. The zero-order valence-electron chi connectivity index (χ0n) is 13.8. The van der Waals surface area contributed by atoms with Gasteiger partial charge in [-0.15, -0.1) is 0 Å². The van der Waals surface area contributed by atoms with Crippen molar-refractivity contribution in [2.75, 3.05) is 19.0 Å². The van der Waals surface area contributed by atoms with Gasteiger partial charge in [0.2, 0.25) is 0 Å². The molecular weight excluding hydrogens is 337 g/mol. The van der Waals surface area contributed by atoms with Crippen molar-refractivity contribution in [2.45, 2.75) is 0 Å². The minimum absolute atomic E-state index is 0.117. The van der Waals surface area contributed by atoms with Gasteiger partial charge in [-0.05, 0) is 23.8 Å². The number of halogens is 1. The number of pyridine rings is 1. The van der Waals surface area contributed by atoms with Gasteiger partial charge in [-0.2, -0.15) is 5.26 Å². The van der Waals surface area contributed by atoms with Gasteiger partial charge in [0.1, 0.15) is 12.4 Å².